The van der Waals surface area contributed by atoms with Gasteiger partial charge in [-0.15, -0.1) is 5.10 Å². The highest BCUT2D eigenvalue weighted by atomic mass is 35.5. The van der Waals surface area contributed by atoms with Crippen LogP contribution in [0.25, 0.3) is 22.6 Å². The van der Waals surface area contributed by atoms with Crippen molar-refractivity contribution in [1.29, 1.82) is 0 Å². The van der Waals surface area contributed by atoms with Crippen molar-refractivity contribution in [3.63, 3.8) is 0 Å². The molecule has 5 aromatic rings. The van der Waals surface area contributed by atoms with Gasteiger partial charge in [0.25, 0.3) is 0 Å². The molecular formula is C27H15ClF6N6O. The summed E-state index contributed by atoms with van der Waals surface area (Å²) in [5, 5.41) is 8.30. The van der Waals surface area contributed by atoms with Gasteiger partial charge in [-0.1, -0.05) is 28.9 Å². The van der Waals surface area contributed by atoms with Gasteiger partial charge in [-0.2, -0.15) is 26.3 Å². The number of alkyl halides is 6. The first-order valence-corrected chi connectivity index (χ1v) is 12.0. The van der Waals surface area contributed by atoms with Crippen LogP contribution in [0.5, 0.6) is 0 Å². The number of rotatable bonds is 6. The third-order valence-electron chi connectivity index (χ3n) is 5.92. The minimum Gasteiger partial charge on any atom is -0.287 e. The van der Waals surface area contributed by atoms with E-state index in [4.69, 9.17) is 11.6 Å². The lowest BCUT2D eigenvalue weighted by atomic mass is 10.0. The molecule has 0 atom stereocenters. The van der Waals surface area contributed by atoms with Crippen molar-refractivity contribution >= 4 is 17.4 Å². The maximum absolute atomic E-state index is 13.5. The smallest absolute Gasteiger partial charge is 0.287 e. The van der Waals surface area contributed by atoms with E-state index in [0.29, 0.717) is 17.7 Å². The Balaban J connectivity index is 1.67. The van der Waals surface area contributed by atoms with Crippen molar-refractivity contribution in [3.8, 4) is 22.6 Å². The van der Waals surface area contributed by atoms with E-state index in [1.54, 1.807) is 12.1 Å². The summed E-state index contributed by atoms with van der Waals surface area (Å²) < 4.78 is 81.9. The van der Waals surface area contributed by atoms with Gasteiger partial charge in [-0.3, -0.25) is 14.8 Å². The van der Waals surface area contributed by atoms with E-state index in [1.807, 2.05) is 0 Å². The van der Waals surface area contributed by atoms with Crippen molar-refractivity contribution in [2.45, 2.75) is 18.9 Å². The highest BCUT2D eigenvalue weighted by Crippen LogP contribution is 2.37. The molecule has 14 heteroatoms. The molecule has 7 nitrogen and oxygen atoms in total. The Morgan fingerprint density at radius 1 is 0.805 bits per heavy atom. The fraction of sp³-hybridized carbons (Fsp3) is 0.111. The van der Waals surface area contributed by atoms with E-state index in [9.17, 15) is 31.1 Å². The molecule has 0 N–H and O–H groups in total. The first-order valence-electron chi connectivity index (χ1n) is 11.7. The molecule has 0 saturated carbocycles. The Morgan fingerprint density at radius 2 is 1.44 bits per heavy atom. The predicted molar refractivity (Wildman–Crippen MR) is 135 cm³/mol. The van der Waals surface area contributed by atoms with Crippen LogP contribution in [0.15, 0.2) is 79.4 Å². The number of halogens is 7. The minimum absolute atomic E-state index is 0.0164. The lowest BCUT2D eigenvalue weighted by molar-refractivity contribution is -0.143. The van der Waals surface area contributed by atoms with Crippen molar-refractivity contribution in [2.24, 2.45) is 0 Å². The number of nitrogens with zero attached hydrogens (tertiary/aromatic N) is 6. The van der Waals surface area contributed by atoms with Crippen molar-refractivity contribution in [1.82, 2.24) is 29.9 Å². The SMILES string of the molecule is O=C(c1ccccc1Cl)c1nccnc1-c1nnn(Cc2cc(C(F)(F)F)cc(C(F)(F)F)c2)c1-c1ccncc1. The van der Waals surface area contributed by atoms with Crippen LogP contribution in [0, 0.1) is 0 Å². The molecule has 0 aliphatic carbocycles. The molecule has 0 saturated heterocycles. The average molecular weight is 589 g/mol. The fourth-order valence-corrected chi connectivity index (χ4v) is 4.33. The second kappa shape index (κ2) is 10.7. The maximum atomic E-state index is 13.5. The topological polar surface area (TPSA) is 86.5 Å². The molecule has 3 heterocycles. The van der Waals surface area contributed by atoms with Crippen molar-refractivity contribution in [3.05, 3.63) is 112 Å². The Labute approximate surface area is 232 Å². The maximum Gasteiger partial charge on any atom is 0.416 e. The van der Waals surface area contributed by atoms with Crippen molar-refractivity contribution in [2.75, 3.05) is 0 Å². The first-order chi connectivity index (χ1) is 19.4. The van der Waals surface area contributed by atoms with E-state index in [0.717, 1.165) is 4.68 Å². The summed E-state index contributed by atoms with van der Waals surface area (Å²) in [4.78, 5) is 25.8. The lowest BCUT2D eigenvalue weighted by Gasteiger charge is -2.15. The third-order valence-corrected chi connectivity index (χ3v) is 6.25. The van der Waals surface area contributed by atoms with Crippen LogP contribution < -0.4 is 0 Å². The van der Waals surface area contributed by atoms with Crippen LogP contribution >= 0.6 is 11.6 Å². The number of carbonyl (C=O) groups is 1. The van der Waals surface area contributed by atoms with Crippen molar-refractivity contribution < 1.29 is 31.1 Å². The number of hydrogen-bond donors (Lipinski definition) is 0. The zero-order chi connectivity index (χ0) is 29.4. The summed E-state index contributed by atoms with van der Waals surface area (Å²) in [6, 6.07) is 10.6. The zero-order valence-electron chi connectivity index (χ0n) is 20.4. The summed E-state index contributed by atoms with van der Waals surface area (Å²) >= 11 is 6.21. The standard InChI is InChI=1S/C27H15ClF6N6O/c28-20-4-2-1-3-19(20)25(41)23-21(36-9-10-37-23)22-24(16-5-7-35-8-6-16)40(39-38-22)14-15-11-17(26(29,30)31)13-18(12-15)27(32,33)34/h1-13H,14H2. The quantitative estimate of drug-likeness (QED) is 0.161. The summed E-state index contributed by atoms with van der Waals surface area (Å²) in [5.74, 6) is -0.582. The van der Waals surface area contributed by atoms with Gasteiger partial charge < -0.3 is 0 Å². The Kier molecular flexibility index (Phi) is 7.30. The van der Waals surface area contributed by atoms with Gasteiger partial charge in [0.05, 0.1) is 28.4 Å². The van der Waals surface area contributed by atoms with Crippen LogP contribution in [0.3, 0.4) is 0 Å². The van der Waals surface area contributed by atoms with E-state index < -0.39 is 35.8 Å². The Hall–Kier alpha value is -4.65. The highest BCUT2D eigenvalue weighted by Gasteiger charge is 2.37. The van der Waals surface area contributed by atoms with Crippen LogP contribution in [0.2, 0.25) is 5.02 Å². The van der Waals surface area contributed by atoms with E-state index in [-0.39, 0.29) is 45.0 Å². The summed E-state index contributed by atoms with van der Waals surface area (Å²) in [7, 11) is 0. The molecule has 41 heavy (non-hydrogen) atoms. The third kappa shape index (κ3) is 5.80. The molecule has 0 aliphatic rings. The normalized spacial score (nSPS) is 12.0. The monoisotopic (exact) mass is 588 g/mol. The largest absolute Gasteiger partial charge is 0.416 e. The number of benzene rings is 2. The van der Waals surface area contributed by atoms with Gasteiger partial charge in [0.2, 0.25) is 5.78 Å². The van der Waals surface area contributed by atoms with Gasteiger partial charge in [0.1, 0.15) is 17.1 Å². The molecule has 0 bridgehead atoms. The summed E-state index contributed by atoms with van der Waals surface area (Å²) in [6.45, 7) is -0.522. The van der Waals surface area contributed by atoms with Gasteiger partial charge in [0, 0.05) is 35.9 Å². The van der Waals surface area contributed by atoms with Crippen LogP contribution in [0.4, 0.5) is 26.3 Å². The van der Waals surface area contributed by atoms with Gasteiger partial charge in [0.15, 0.2) is 0 Å². The molecular weight excluding hydrogens is 574 g/mol. The van der Waals surface area contributed by atoms with Gasteiger partial charge in [-0.25, -0.2) is 9.67 Å². The first kappa shape index (κ1) is 27.9. The molecule has 0 fully saturated rings. The number of ketones is 1. The molecule has 0 spiro atoms. The molecule has 5 rings (SSSR count). The molecule has 2 aromatic carbocycles. The van der Waals surface area contributed by atoms with Gasteiger partial charge >= 0.3 is 12.4 Å². The molecule has 0 unspecified atom stereocenters. The summed E-state index contributed by atoms with van der Waals surface area (Å²) in [5.41, 5.74) is -2.69. The summed E-state index contributed by atoms with van der Waals surface area (Å²) in [6.07, 6.45) is -4.61. The van der Waals surface area contributed by atoms with Crippen LogP contribution in [-0.4, -0.2) is 35.7 Å². The molecule has 208 valence electrons. The van der Waals surface area contributed by atoms with E-state index in [1.165, 1.54) is 49.1 Å². The second-order valence-corrected chi connectivity index (χ2v) is 9.06. The van der Waals surface area contributed by atoms with E-state index >= 15 is 0 Å². The number of pyridine rings is 1. The number of hydrogen-bond acceptors (Lipinski definition) is 6. The number of carbonyl (C=O) groups excluding carboxylic acids is 1. The average Bonchev–Trinajstić information content (AvgIpc) is 3.35. The molecule has 0 amide bonds. The molecule has 0 aliphatic heterocycles. The molecule has 3 aromatic heterocycles. The zero-order valence-corrected chi connectivity index (χ0v) is 21.2. The molecule has 0 radical (unpaired) electrons. The second-order valence-electron chi connectivity index (χ2n) is 8.66. The Bertz CT molecular complexity index is 1700. The lowest BCUT2D eigenvalue weighted by Crippen LogP contribution is -2.13. The van der Waals surface area contributed by atoms with Crippen LogP contribution in [0.1, 0.15) is 32.7 Å². The van der Waals surface area contributed by atoms with Gasteiger partial charge in [-0.05, 0) is 48.0 Å². The minimum atomic E-state index is -5.02. The highest BCUT2D eigenvalue weighted by molar-refractivity contribution is 6.35. The number of aromatic nitrogens is 6. The fourth-order valence-electron chi connectivity index (χ4n) is 4.11. The van der Waals surface area contributed by atoms with E-state index in [2.05, 4.69) is 25.3 Å². The van der Waals surface area contributed by atoms with Crippen LogP contribution in [-0.2, 0) is 18.9 Å². The Morgan fingerprint density at radius 3 is 2.07 bits per heavy atom. The predicted octanol–water partition coefficient (Wildman–Crippen LogP) is 6.77.